The van der Waals surface area contributed by atoms with Crippen LogP contribution in [0.25, 0.3) is 10.9 Å². The Morgan fingerprint density at radius 1 is 0.833 bits per heavy atom. The number of rotatable bonds is 4. The molecule has 7 nitrogen and oxygen atoms in total. The van der Waals surface area contributed by atoms with Gasteiger partial charge in [0.25, 0.3) is 11.8 Å². The van der Waals surface area contributed by atoms with Crippen LogP contribution in [0.3, 0.4) is 0 Å². The van der Waals surface area contributed by atoms with Gasteiger partial charge in [-0.25, -0.2) is 0 Å². The minimum Gasteiger partial charge on any atom is -0.321 e. The highest BCUT2D eigenvalue weighted by Crippen LogP contribution is 2.21. The van der Waals surface area contributed by atoms with Crippen molar-refractivity contribution in [1.29, 1.82) is 5.26 Å². The Kier molecular flexibility index (Phi) is 5.14. The zero-order chi connectivity index (χ0) is 20.9. The lowest BCUT2D eigenvalue weighted by atomic mass is 10.1. The molecule has 7 heteroatoms. The largest absolute Gasteiger partial charge is 0.321 e. The van der Waals surface area contributed by atoms with E-state index in [1.807, 2.05) is 30.3 Å². The van der Waals surface area contributed by atoms with E-state index in [1.54, 1.807) is 36.5 Å². The number of aromatic nitrogens is 2. The zero-order valence-electron chi connectivity index (χ0n) is 15.7. The molecule has 0 bridgehead atoms. The molecule has 0 fully saturated rings. The Hall–Kier alpha value is -4.57. The van der Waals surface area contributed by atoms with Crippen LogP contribution in [-0.2, 0) is 0 Å². The van der Waals surface area contributed by atoms with Crippen molar-refractivity contribution in [3.05, 3.63) is 95.9 Å². The van der Waals surface area contributed by atoms with Gasteiger partial charge in [0.1, 0.15) is 5.69 Å². The average molecular weight is 393 g/mol. The molecule has 30 heavy (non-hydrogen) atoms. The number of hydrogen-bond donors (Lipinski definition) is 2. The van der Waals surface area contributed by atoms with Crippen LogP contribution >= 0.6 is 0 Å². The average Bonchev–Trinajstić information content (AvgIpc) is 2.79. The van der Waals surface area contributed by atoms with E-state index < -0.39 is 5.91 Å². The number of benzene rings is 2. The van der Waals surface area contributed by atoms with E-state index in [0.717, 1.165) is 5.39 Å². The molecular weight excluding hydrogens is 378 g/mol. The molecule has 0 aliphatic carbocycles. The van der Waals surface area contributed by atoms with Crippen LogP contribution in [0.2, 0.25) is 0 Å². The van der Waals surface area contributed by atoms with Gasteiger partial charge in [0.2, 0.25) is 0 Å². The second-order valence-corrected chi connectivity index (χ2v) is 6.41. The van der Waals surface area contributed by atoms with Gasteiger partial charge in [0.05, 0.1) is 22.8 Å². The topological polar surface area (TPSA) is 108 Å². The molecule has 0 saturated carbocycles. The molecular formula is C23H15N5O2. The number of amides is 2. The normalized spacial score (nSPS) is 10.2. The first-order valence-electron chi connectivity index (χ1n) is 9.07. The first-order chi connectivity index (χ1) is 14.6. The van der Waals surface area contributed by atoms with Crippen molar-refractivity contribution < 1.29 is 9.59 Å². The van der Waals surface area contributed by atoms with Crippen LogP contribution in [0.4, 0.5) is 11.4 Å². The van der Waals surface area contributed by atoms with Gasteiger partial charge in [0.15, 0.2) is 0 Å². The van der Waals surface area contributed by atoms with Crippen molar-refractivity contribution >= 4 is 34.1 Å². The number of fused-ring (bicyclic) bond motifs is 1. The summed E-state index contributed by atoms with van der Waals surface area (Å²) in [5, 5.41) is 15.4. The van der Waals surface area contributed by atoms with Crippen LogP contribution in [0, 0.1) is 11.3 Å². The molecule has 144 valence electrons. The zero-order valence-corrected chi connectivity index (χ0v) is 15.7. The summed E-state index contributed by atoms with van der Waals surface area (Å²) in [6.07, 6.45) is 3.06. The van der Waals surface area contributed by atoms with Gasteiger partial charge < -0.3 is 10.6 Å². The quantitative estimate of drug-likeness (QED) is 0.545. The molecule has 2 aromatic heterocycles. The van der Waals surface area contributed by atoms with Crippen molar-refractivity contribution in [3.8, 4) is 6.07 Å². The van der Waals surface area contributed by atoms with E-state index in [-0.39, 0.29) is 17.2 Å². The van der Waals surface area contributed by atoms with E-state index in [4.69, 9.17) is 5.26 Å². The number of para-hydroxylation sites is 1. The second kappa shape index (κ2) is 8.20. The van der Waals surface area contributed by atoms with Crippen LogP contribution in [-0.4, -0.2) is 21.8 Å². The summed E-state index contributed by atoms with van der Waals surface area (Å²) in [5.74, 6) is -0.859. The number of nitrogens with zero attached hydrogens (tertiary/aromatic N) is 3. The number of nitrogens with one attached hydrogen (secondary N) is 2. The van der Waals surface area contributed by atoms with Gasteiger partial charge in [-0.1, -0.05) is 24.3 Å². The van der Waals surface area contributed by atoms with Crippen molar-refractivity contribution in [2.75, 3.05) is 10.6 Å². The summed E-state index contributed by atoms with van der Waals surface area (Å²) in [6.45, 7) is 0. The molecule has 0 radical (unpaired) electrons. The first-order valence-corrected chi connectivity index (χ1v) is 9.07. The van der Waals surface area contributed by atoms with Gasteiger partial charge in [-0.05, 0) is 42.5 Å². The van der Waals surface area contributed by atoms with E-state index in [1.165, 1.54) is 18.3 Å². The maximum atomic E-state index is 12.7. The molecule has 0 unspecified atom stereocenters. The van der Waals surface area contributed by atoms with Crippen LogP contribution in [0.1, 0.15) is 26.4 Å². The molecule has 2 heterocycles. The minimum absolute atomic E-state index is 0.0843. The van der Waals surface area contributed by atoms with E-state index in [9.17, 15) is 9.59 Å². The van der Waals surface area contributed by atoms with Crippen LogP contribution < -0.4 is 10.6 Å². The predicted molar refractivity (Wildman–Crippen MR) is 113 cm³/mol. The molecule has 4 aromatic rings. The van der Waals surface area contributed by atoms with Crippen LogP contribution in [0.5, 0.6) is 0 Å². The van der Waals surface area contributed by atoms with Gasteiger partial charge in [0, 0.05) is 29.0 Å². The number of anilines is 2. The molecule has 0 aliphatic heterocycles. The first kappa shape index (κ1) is 18.8. The van der Waals surface area contributed by atoms with Crippen molar-refractivity contribution in [3.63, 3.8) is 0 Å². The van der Waals surface area contributed by atoms with Gasteiger partial charge in [-0.2, -0.15) is 5.26 Å². The van der Waals surface area contributed by atoms with Crippen LogP contribution in [0.15, 0.2) is 79.1 Å². The molecule has 2 aromatic carbocycles. The third-order valence-electron chi connectivity index (χ3n) is 4.39. The highest BCUT2D eigenvalue weighted by atomic mass is 16.2. The molecule has 0 aliphatic rings. The monoisotopic (exact) mass is 393 g/mol. The Morgan fingerprint density at radius 3 is 2.53 bits per heavy atom. The molecule has 0 atom stereocenters. The molecule has 0 saturated heterocycles. The Balaban J connectivity index is 1.54. The second-order valence-electron chi connectivity index (χ2n) is 6.41. The summed E-state index contributed by atoms with van der Waals surface area (Å²) in [7, 11) is 0. The summed E-state index contributed by atoms with van der Waals surface area (Å²) in [4.78, 5) is 33.6. The molecule has 4 rings (SSSR count). The lowest BCUT2D eigenvalue weighted by molar-refractivity contribution is 0.102. The fourth-order valence-electron chi connectivity index (χ4n) is 2.96. The molecule has 0 spiro atoms. The maximum absolute atomic E-state index is 12.7. The smallest absolute Gasteiger partial charge is 0.274 e. The fraction of sp³-hybridized carbons (Fsp3) is 0. The van der Waals surface area contributed by atoms with Gasteiger partial charge in [-0.3, -0.25) is 19.6 Å². The van der Waals surface area contributed by atoms with Crippen molar-refractivity contribution in [2.45, 2.75) is 0 Å². The van der Waals surface area contributed by atoms with E-state index in [0.29, 0.717) is 22.5 Å². The van der Waals surface area contributed by atoms with Crippen molar-refractivity contribution in [1.82, 2.24) is 9.97 Å². The lowest BCUT2D eigenvalue weighted by Crippen LogP contribution is -2.17. The minimum atomic E-state index is -0.480. The van der Waals surface area contributed by atoms with Gasteiger partial charge in [-0.15, -0.1) is 0 Å². The predicted octanol–water partition coefficient (Wildman–Crippen LogP) is 4.01. The Bertz CT molecular complexity index is 1300. The summed E-state index contributed by atoms with van der Waals surface area (Å²) in [5.41, 5.74) is 2.53. The molecule has 2 N–H and O–H groups in total. The number of hydrogen-bond acceptors (Lipinski definition) is 5. The number of carbonyl (C=O) groups excluding carboxylic acids is 2. The highest BCUT2D eigenvalue weighted by Gasteiger charge is 2.14. The number of nitriles is 1. The lowest BCUT2D eigenvalue weighted by Gasteiger charge is -2.09. The Labute approximate surface area is 172 Å². The standard InChI is InChI=1S/C23H15N5O2/c24-14-15-4-1-7-18(12-15)27-23(30)20-13-17(9-11-25-20)22(29)28-19-8-2-5-16-6-3-10-26-21(16)19/h1-13H,(H,27,30)(H,28,29). The maximum Gasteiger partial charge on any atom is 0.274 e. The summed E-state index contributed by atoms with van der Waals surface area (Å²) in [6, 6.07) is 20.7. The summed E-state index contributed by atoms with van der Waals surface area (Å²) >= 11 is 0. The highest BCUT2D eigenvalue weighted by molar-refractivity contribution is 6.10. The number of carbonyl (C=O) groups is 2. The summed E-state index contributed by atoms with van der Waals surface area (Å²) < 4.78 is 0. The molecule has 2 amide bonds. The SMILES string of the molecule is N#Cc1cccc(NC(=O)c2cc(C(=O)Nc3cccc4cccnc34)ccn2)c1. The van der Waals surface area contributed by atoms with Gasteiger partial charge >= 0.3 is 0 Å². The van der Waals surface area contributed by atoms with E-state index in [2.05, 4.69) is 20.6 Å². The van der Waals surface area contributed by atoms with Crippen molar-refractivity contribution in [2.24, 2.45) is 0 Å². The Morgan fingerprint density at radius 2 is 1.67 bits per heavy atom. The van der Waals surface area contributed by atoms with E-state index >= 15 is 0 Å². The third kappa shape index (κ3) is 3.98. The third-order valence-corrected chi connectivity index (χ3v) is 4.39. The fourth-order valence-corrected chi connectivity index (χ4v) is 2.96. The number of pyridine rings is 2.